The highest BCUT2D eigenvalue weighted by Crippen LogP contribution is 2.31. The van der Waals surface area contributed by atoms with Crippen LogP contribution in [-0.4, -0.2) is 81.9 Å². The van der Waals surface area contributed by atoms with Gasteiger partial charge in [0.2, 0.25) is 11.8 Å². The zero-order valence-electron chi connectivity index (χ0n) is 21.3. The first-order valence-electron chi connectivity index (χ1n) is 11.6. The molecule has 0 radical (unpaired) electrons. The number of piperazine rings is 2. The van der Waals surface area contributed by atoms with Crippen LogP contribution in [0.25, 0.3) is 0 Å². The number of hydrogen-bond acceptors (Lipinski definition) is 6. The first kappa shape index (κ1) is 24.3. The van der Waals surface area contributed by atoms with Crippen molar-refractivity contribution >= 4 is 23.5 Å². The summed E-state index contributed by atoms with van der Waals surface area (Å²) in [4.78, 5) is 42.5. The highest BCUT2D eigenvalue weighted by molar-refractivity contribution is 5.75. The van der Waals surface area contributed by atoms with Crippen LogP contribution >= 0.6 is 0 Å². The molecule has 0 atom stereocenters. The van der Waals surface area contributed by atoms with Crippen molar-refractivity contribution in [2.24, 2.45) is 0 Å². The summed E-state index contributed by atoms with van der Waals surface area (Å²) in [5, 5.41) is 0. The van der Waals surface area contributed by atoms with Crippen LogP contribution in [-0.2, 0) is 15.0 Å². The van der Waals surface area contributed by atoms with Gasteiger partial charge in [-0.05, 0) is 27.7 Å². The molecule has 2 aliphatic heterocycles. The minimum absolute atomic E-state index is 0.110. The fourth-order valence-electron chi connectivity index (χ4n) is 4.95. The predicted molar refractivity (Wildman–Crippen MR) is 128 cm³/mol. The fraction of sp³-hybridized carbons (Fsp3) is 0.750. The molecule has 2 amide bonds. The van der Waals surface area contributed by atoms with Gasteiger partial charge >= 0.3 is 0 Å². The quantitative estimate of drug-likeness (QED) is 0.698. The maximum atomic E-state index is 12.1. The van der Waals surface area contributed by atoms with E-state index in [0.29, 0.717) is 13.1 Å². The molecule has 2 aliphatic rings. The van der Waals surface area contributed by atoms with Gasteiger partial charge in [-0.25, -0.2) is 9.97 Å². The topological polar surface area (TPSA) is 72.9 Å². The van der Waals surface area contributed by atoms with Crippen LogP contribution in [0.3, 0.4) is 0 Å². The second-order valence-corrected chi connectivity index (χ2v) is 11.5. The molecule has 1 aromatic heterocycles. The molecule has 32 heavy (non-hydrogen) atoms. The third-order valence-electron chi connectivity index (χ3n) is 6.58. The molecule has 0 unspecified atom stereocenters. The molecule has 0 bridgehead atoms. The average molecular weight is 445 g/mol. The average Bonchev–Trinajstić information content (AvgIpc) is 2.64. The van der Waals surface area contributed by atoms with Crippen LogP contribution in [0.5, 0.6) is 0 Å². The molecule has 0 saturated carbocycles. The summed E-state index contributed by atoms with van der Waals surface area (Å²) in [6.07, 6.45) is 0. The van der Waals surface area contributed by atoms with E-state index in [1.165, 1.54) is 0 Å². The third kappa shape index (κ3) is 4.84. The molecule has 0 aromatic carbocycles. The van der Waals surface area contributed by atoms with Crippen molar-refractivity contribution in [3.8, 4) is 0 Å². The summed E-state index contributed by atoms with van der Waals surface area (Å²) in [5.74, 6) is 2.84. The number of aromatic nitrogens is 2. The smallest absolute Gasteiger partial charge is 0.220 e. The number of hydrogen-bond donors (Lipinski definition) is 0. The second kappa shape index (κ2) is 8.19. The van der Waals surface area contributed by atoms with Crippen molar-refractivity contribution in [2.45, 2.75) is 78.8 Å². The Morgan fingerprint density at radius 2 is 1.16 bits per heavy atom. The SMILES string of the molecule is CC(=O)N1CCN(c2cc(N3CCN(C(C)=O)C(C)(C)C3)nc(C(C)(C)C)n2)CC1(C)C. The summed E-state index contributed by atoms with van der Waals surface area (Å²) in [6.45, 7) is 22.4. The molecule has 0 spiro atoms. The molecule has 0 aliphatic carbocycles. The van der Waals surface area contributed by atoms with E-state index in [2.05, 4.69) is 64.3 Å². The van der Waals surface area contributed by atoms with E-state index in [1.54, 1.807) is 13.8 Å². The Hall–Kier alpha value is -2.38. The first-order chi connectivity index (χ1) is 14.6. The van der Waals surface area contributed by atoms with E-state index >= 15 is 0 Å². The molecule has 8 heteroatoms. The highest BCUT2D eigenvalue weighted by Gasteiger charge is 2.38. The van der Waals surface area contributed by atoms with Crippen LogP contribution in [0.15, 0.2) is 6.07 Å². The van der Waals surface area contributed by atoms with Gasteiger partial charge < -0.3 is 19.6 Å². The van der Waals surface area contributed by atoms with Crippen molar-refractivity contribution in [3.63, 3.8) is 0 Å². The molecular formula is C24H40N6O2. The summed E-state index contributed by atoms with van der Waals surface area (Å²) >= 11 is 0. The maximum absolute atomic E-state index is 12.1. The van der Waals surface area contributed by atoms with Crippen LogP contribution in [0, 0.1) is 0 Å². The Kier molecular flexibility index (Phi) is 6.21. The predicted octanol–water partition coefficient (Wildman–Crippen LogP) is 2.67. The summed E-state index contributed by atoms with van der Waals surface area (Å²) < 4.78 is 0. The zero-order chi connectivity index (χ0) is 24.1. The standard InChI is InChI=1S/C24H40N6O2/c1-17(31)29-12-10-27(15-23(29,6)7)19-14-20(26-21(25-19)22(3,4)5)28-11-13-30(18(2)32)24(8,9)16-28/h14H,10-13,15-16H2,1-9H3. The Morgan fingerprint density at radius 3 is 1.44 bits per heavy atom. The molecule has 1 aromatic rings. The molecule has 0 N–H and O–H groups in total. The van der Waals surface area contributed by atoms with E-state index in [0.717, 1.165) is 43.6 Å². The van der Waals surface area contributed by atoms with Gasteiger partial charge in [-0.3, -0.25) is 9.59 Å². The van der Waals surface area contributed by atoms with Gasteiger partial charge in [0.25, 0.3) is 0 Å². The van der Waals surface area contributed by atoms with E-state index in [9.17, 15) is 9.59 Å². The number of nitrogens with zero attached hydrogens (tertiary/aromatic N) is 6. The van der Waals surface area contributed by atoms with Crippen molar-refractivity contribution < 1.29 is 9.59 Å². The van der Waals surface area contributed by atoms with Crippen molar-refractivity contribution in [3.05, 3.63) is 11.9 Å². The molecule has 8 nitrogen and oxygen atoms in total. The van der Waals surface area contributed by atoms with Gasteiger partial charge in [0.05, 0.1) is 11.1 Å². The maximum Gasteiger partial charge on any atom is 0.220 e. The normalized spacial score (nSPS) is 21.0. The molecular weight excluding hydrogens is 404 g/mol. The number of carbonyl (C=O) groups is 2. The van der Waals surface area contributed by atoms with Gasteiger partial charge in [0.1, 0.15) is 17.5 Å². The number of carbonyl (C=O) groups excluding carboxylic acids is 2. The van der Waals surface area contributed by atoms with Gasteiger partial charge in [-0.1, -0.05) is 20.8 Å². The molecule has 3 rings (SSSR count). The Bertz CT molecular complexity index is 827. The Balaban J connectivity index is 1.95. The Morgan fingerprint density at radius 1 is 0.781 bits per heavy atom. The third-order valence-corrected chi connectivity index (χ3v) is 6.58. The Labute approximate surface area is 193 Å². The summed E-state index contributed by atoms with van der Waals surface area (Å²) in [7, 11) is 0. The first-order valence-corrected chi connectivity index (χ1v) is 11.6. The minimum atomic E-state index is -0.272. The van der Waals surface area contributed by atoms with E-state index in [1.807, 2.05) is 9.80 Å². The van der Waals surface area contributed by atoms with Crippen LogP contribution in [0.2, 0.25) is 0 Å². The van der Waals surface area contributed by atoms with Crippen LogP contribution in [0.4, 0.5) is 11.6 Å². The molecule has 178 valence electrons. The van der Waals surface area contributed by atoms with Crippen LogP contribution in [0.1, 0.15) is 68.1 Å². The number of anilines is 2. The van der Waals surface area contributed by atoms with Gasteiger partial charge in [0.15, 0.2) is 0 Å². The largest absolute Gasteiger partial charge is 0.352 e. The lowest BCUT2D eigenvalue weighted by atomic mass is 9.95. The second-order valence-electron chi connectivity index (χ2n) is 11.5. The van der Waals surface area contributed by atoms with Crippen molar-refractivity contribution in [1.29, 1.82) is 0 Å². The van der Waals surface area contributed by atoms with Crippen molar-refractivity contribution in [2.75, 3.05) is 49.1 Å². The van der Waals surface area contributed by atoms with Crippen LogP contribution < -0.4 is 9.80 Å². The molecule has 2 fully saturated rings. The van der Waals surface area contributed by atoms with Gasteiger partial charge in [-0.15, -0.1) is 0 Å². The summed E-state index contributed by atoms with van der Waals surface area (Å²) in [5.41, 5.74) is -0.739. The summed E-state index contributed by atoms with van der Waals surface area (Å²) in [6, 6.07) is 2.08. The van der Waals surface area contributed by atoms with E-state index < -0.39 is 0 Å². The number of amides is 2. The van der Waals surface area contributed by atoms with Crippen molar-refractivity contribution in [1.82, 2.24) is 19.8 Å². The van der Waals surface area contributed by atoms with Gasteiger partial charge in [0, 0.05) is 64.6 Å². The van der Waals surface area contributed by atoms with Gasteiger partial charge in [-0.2, -0.15) is 0 Å². The monoisotopic (exact) mass is 444 g/mol. The lowest BCUT2D eigenvalue weighted by Crippen LogP contribution is -2.61. The lowest BCUT2D eigenvalue weighted by Gasteiger charge is -2.48. The molecule has 3 heterocycles. The zero-order valence-corrected chi connectivity index (χ0v) is 21.3. The highest BCUT2D eigenvalue weighted by atomic mass is 16.2. The fourth-order valence-corrected chi connectivity index (χ4v) is 4.95. The molecule has 2 saturated heterocycles. The van der Waals surface area contributed by atoms with E-state index in [-0.39, 0.29) is 28.3 Å². The lowest BCUT2D eigenvalue weighted by molar-refractivity contribution is -0.135. The number of rotatable bonds is 2. The van der Waals surface area contributed by atoms with E-state index in [4.69, 9.17) is 9.97 Å². The minimum Gasteiger partial charge on any atom is -0.352 e.